The summed E-state index contributed by atoms with van der Waals surface area (Å²) in [6, 6.07) is 0.00366. The van der Waals surface area contributed by atoms with Crippen molar-refractivity contribution >= 4 is 0 Å². The molecule has 1 N–H and O–H groups in total. The van der Waals surface area contributed by atoms with E-state index in [-0.39, 0.29) is 18.8 Å². The average Bonchev–Trinajstić information content (AvgIpc) is 2.48. The summed E-state index contributed by atoms with van der Waals surface area (Å²) in [6.07, 6.45) is 0.875. The lowest BCUT2D eigenvalue weighted by atomic mass is 10.2. The summed E-state index contributed by atoms with van der Waals surface area (Å²) in [5, 5.41) is 3.03. The van der Waals surface area contributed by atoms with Gasteiger partial charge in [0.15, 0.2) is 0 Å². The fourth-order valence-electron chi connectivity index (χ4n) is 1.28. The standard InChI is InChI=1S/C7H13F2NO2/c1-11-6-2-5(10-3-6)4-12-7(8)9/h5-7,10H,2-4H2,1H3/t5-,6-/m0/s1. The third-order valence-corrected chi connectivity index (χ3v) is 1.94. The summed E-state index contributed by atoms with van der Waals surface area (Å²) in [4.78, 5) is 0. The van der Waals surface area contributed by atoms with Crippen LogP contribution in [-0.4, -0.2) is 39.0 Å². The minimum atomic E-state index is -2.67. The Morgan fingerprint density at radius 3 is 2.83 bits per heavy atom. The highest BCUT2D eigenvalue weighted by molar-refractivity contribution is 4.81. The minimum Gasteiger partial charge on any atom is -0.380 e. The molecule has 0 bridgehead atoms. The topological polar surface area (TPSA) is 30.5 Å². The fraction of sp³-hybridized carbons (Fsp3) is 1.00. The van der Waals surface area contributed by atoms with Gasteiger partial charge in [0, 0.05) is 19.7 Å². The van der Waals surface area contributed by atoms with Crippen LogP contribution in [0.5, 0.6) is 0 Å². The van der Waals surface area contributed by atoms with Crippen LogP contribution in [0.4, 0.5) is 8.78 Å². The summed E-state index contributed by atoms with van der Waals surface area (Å²) in [7, 11) is 1.61. The molecule has 1 aliphatic heterocycles. The average molecular weight is 181 g/mol. The first-order valence-corrected chi connectivity index (χ1v) is 3.88. The van der Waals surface area contributed by atoms with Crippen LogP contribution in [0.3, 0.4) is 0 Å². The highest BCUT2D eigenvalue weighted by atomic mass is 19.3. The summed E-state index contributed by atoms with van der Waals surface area (Å²) >= 11 is 0. The highest BCUT2D eigenvalue weighted by Gasteiger charge is 2.24. The minimum absolute atomic E-state index is 0.00366. The van der Waals surface area contributed by atoms with Crippen molar-refractivity contribution in [3.05, 3.63) is 0 Å². The van der Waals surface area contributed by atoms with Crippen LogP contribution in [0, 0.1) is 0 Å². The molecule has 0 spiro atoms. The second-order valence-corrected chi connectivity index (χ2v) is 2.79. The number of hydrogen-bond acceptors (Lipinski definition) is 3. The number of alkyl halides is 2. The molecular weight excluding hydrogens is 168 g/mol. The fourth-order valence-corrected chi connectivity index (χ4v) is 1.28. The lowest BCUT2D eigenvalue weighted by Crippen LogP contribution is -2.27. The van der Waals surface area contributed by atoms with E-state index in [1.807, 2.05) is 0 Å². The molecule has 0 saturated carbocycles. The van der Waals surface area contributed by atoms with Crippen molar-refractivity contribution in [2.45, 2.75) is 25.2 Å². The Hall–Kier alpha value is -0.260. The smallest absolute Gasteiger partial charge is 0.345 e. The molecule has 0 aliphatic carbocycles. The second-order valence-electron chi connectivity index (χ2n) is 2.79. The molecule has 1 rings (SSSR count). The van der Waals surface area contributed by atoms with Gasteiger partial charge in [-0.15, -0.1) is 0 Å². The van der Waals surface area contributed by atoms with Gasteiger partial charge in [0.05, 0.1) is 12.7 Å². The third kappa shape index (κ3) is 3.00. The Labute approximate surface area is 70.0 Å². The molecule has 12 heavy (non-hydrogen) atoms. The van der Waals surface area contributed by atoms with Crippen molar-refractivity contribution in [1.82, 2.24) is 5.32 Å². The quantitative estimate of drug-likeness (QED) is 0.689. The van der Waals surface area contributed by atoms with E-state index in [2.05, 4.69) is 10.1 Å². The highest BCUT2D eigenvalue weighted by Crippen LogP contribution is 2.10. The molecule has 0 radical (unpaired) electrons. The number of halogens is 2. The van der Waals surface area contributed by atoms with Crippen molar-refractivity contribution in [3.8, 4) is 0 Å². The van der Waals surface area contributed by atoms with Gasteiger partial charge < -0.3 is 14.8 Å². The van der Waals surface area contributed by atoms with E-state index in [9.17, 15) is 8.78 Å². The molecule has 0 aromatic carbocycles. The first-order valence-electron chi connectivity index (χ1n) is 3.88. The number of methoxy groups -OCH3 is 1. The third-order valence-electron chi connectivity index (χ3n) is 1.94. The maximum Gasteiger partial charge on any atom is 0.345 e. The summed E-state index contributed by atoms with van der Waals surface area (Å²) in [5.41, 5.74) is 0. The molecule has 1 saturated heterocycles. The molecule has 1 fully saturated rings. The zero-order valence-electron chi connectivity index (χ0n) is 6.93. The summed E-state index contributed by atoms with van der Waals surface area (Å²) in [5.74, 6) is 0. The van der Waals surface area contributed by atoms with Gasteiger partial charge in [-0.25, -0.2) is 0 Å². The Kier molecular flexibility index (Phi) is 3.84. The molecular formula is C7H13F2NO2. The van der Waals surface area contributed by atoms with Crippen LogP contribution in [0.2, 0.25) is 0 Å². The van der Waals surface area contributed by atoms with Gasteiger partial charge in [-0.1, -0.05) is 0 Å². The Balaban J connectivity index is 2.11. The summed E-state index contributed by atoms with van der Waals surface area (Å²) in [6.45, 7) is -1.90. The van der Waals surface area contributed by atoms with Crippen molar-refractivity contribution in [2.75, 3.05) is 20.3 Å². The molecule has 1 heterocycles. The van der Waals surface area contributed by atoms with Crippen LogP contribution < -0.4 is 5.32 Å². The van der Waals surface area contributed by atoms with Gasteiger partial charge in [-0.3, -0.25) is 0 Å². The van der Waals surface area contributed by atoms with E-state index >= 15 is 0 Å². The van der Waals surface area contributed by atoms with E-state index in [0.29, 0.717) is 6.54 Å². The second kappa shape index (κ2) is 4.69. The molecule has 0 amide bonds. The zero-order valence-corrected chi connectivity index (χ0v) is 6.93. The maximum atomic E-state index is 11.6. The van der Waals surface area contributed by atoms with Crippen molar-refractivity contribution < 1.29 is 18.3 Å². The van der Waals surface area contributed by atoms with Crippen LogP contribution in [0.15, 0.2) is 0 Å². The van der Waals surface area contributed by atoms with E-state index < -0.39 is 6.61 Å². The van der Waals surface area contributed by atoms with Gasteiger partial charge in [-0.2, -0.15) is 8.78 Å². The van der Waals surface area contributed by atoms with Crippen molar-refractivity contribution in [2.24, 2.45) is 0 Å². The van der Waals surface area contributed by atoms with Gasteiger partial charge >= 0.3 is 6.61 Å². The first kappa shape index (κ1) is 9.83. The number of ether oxygens (including phenoxy) is 2. The van der Waals surface area contributed by atoms with E-state index in [1.54, 1.807) is 7.11 Å². The number of hydrogen-bond donors (Lipinski definition) is 1. The van der Waals surface area contributed by atoms with Crippen LogP contribution in [0.25, 0.3) is 0 Å². The van der Waals surface area contributed by atoms with Gasteiger partial charge in [0.25, 0.3) is 0 Å². The Bertz CT molecular complexity index is 135. The van der Waals surface area contributed by atoms with Crippen LogP contribution >= 0.6 is 0 Å². The molecule has 0 aromatic rings. The van der Waals surface area contributed by atoms with E-state index in [1.165, 1.54) is 0 Å². The SMILES string of the molecule is CO[C@@H]1CN[C@H](COC(F)F)C1. The first-order chi connectivity index (χ1) is 5.72. The molecule has 0 unspecified atom stereocenters. The lowest BCUT2D eigenvalue weighted by Gasteiger charge is -2.09. The summed E-state index contributed by atoms with van der Waals surface area (Å²) < 4.78 is 32.4. The molecule has 3 nitrogen and oxygen atoms in total. The van der Waals surface area contributed by atoms with Gasteiger partial charge in [0.2, 0.25) is 0 Å². The lowest BCUT2D eigenvalue weighted by molar-refractivity contribution is -0.133. The molecule has 0 aromatic heterocycles. The zero-order chi connectivity index (χ0) is 8.97. The van der Waals surface area contributed by atoms with Crippen LogP contribution in [0.1, 0.15) is 6.42 Å². The Morgan fingerprint density at radius 2 is 2.33 bits per heavy atom. The molecule has 72 valence electrons. The van der Waals surface area contributed by atoms with Crippen molar-refractivity contribution in [3.63, 3.8) is 0 Å². The molecule has 1 aliphatic rings. The molecule has 5 heteroatoms. The number of nitrogens with one attached hydrogen (secondary N) is 1. The van der Waals surface area contributed by atoms with Crippen molar-refractivity contribution in [1.29, 1.82) is 0 Å². The van der Waals surface area contributed by atoms with Gasteiger partial charge in [0.1, 0.15) is 0 Å². The number of rotatable bonds is 4. The predicted molar refractivity (Wildman–Crippen MR) is 39.2 cm³/mol. The normalized spacial score (nSPS) is 30.0. The van der Waals surface area contributed by atoms with E-state index in [4.69, 9.17) is 4.74 Å². The van der Waals surface area contributed by atoms with Crippen LogP contribution in [-0.2, 0) is 9.47 Å². The molecule has 2 atom stereocenters. The largest absolute Gasteiger partial charge is 0.380 e. The Morgan fingerprint density at radius 1 is 1.58 bits per heavy atom. The van der Waals surface area contributed by atoms with Gasteiger partial charge in [-0.05, 0) is 6.42 Å². The monoisotopic (exact) mass is 181 g/mol. The predicted octanol–water partition coefficient (Wildman–Crippen LogP) is 0.602. The maximum absolute atomic E-state index is 11.6. The van der Waals surface area contributed by atoms with E-state index in [0.717, 1.165) is 6.42 Å².